The van der Waals surface area contributed by atoms with Crippen molar-refractivity contribution in [1.29, 1.82) is 0 Å². The molecule has 0 saturated carbocycles. The summed E-state index contributed by atoms with van der Waals surface area (Å²) < 4.78 is 20.2. The highest BCUT2D eigenvalue weighted by atomic mass is 16.5. The molecule has 0 radical (unpaired) electrons. The van der Waals surface area contributed by atoms with Crippen LogP contribution in [-0.2, 0) is 4.74 Å². The van der Waals surface area contributed by atoms with Gasteiger partial charge in [-0.3, -0.25) is 0 Å². The fourth-order valence-electron chi connectivity index (χ4n) is 1.56. The first-order valence-electron chi connectivity index (χ1n) is 5.34. The standard InChI is InChI=1S/C12H12N2O5/c1-16-7-5-4-6-8(17-2)9(7)10-13-14-11(19-10)12(15)18-3/h4-6H,1-3H3. The molecular formula is C12H12N2O5. The minimum absolute atomic E-state index is 0.120. The van der Waals surface area contributed by atoms with Crippen LogP contribution in [0.4, 0.5) is 0 Å². The lowest BCUT2D eigenvalue weighted by Crippen LogP contribution is -2.00. The summed E-state index contributed by atoms with van der Waals surface area (Å²) in [6.07, 6.45) is 0. The lowest BCUT2D eigenvalue weighted by molar-refractivity contribution is 0.0556. The van der Waals surface area contributed by atoms with Crippen LogP contribution in [0.5, 0.6) is 11.5 Å². The first kappa shape index (κ1) is 12.9. The van der Waals surface area contributed by atoms with Crippen molar-refractivity contribution < 1.29 is 23.4 Å². The number of rotatable bonds is 4. The summed E-state index contributed by atoms with van der Waals surface area (Å²) in [4.78, 5) is 11.3. The second-order valence-electron chi connectivity index (χ2n) is 3.44. The lowest BCUT2D eigenvalue weighted by atomic mass is 10.2. The minimum Gasteiger partial charge on any atom is -0.496 e. The van der Waals surface area contributed by atoms with Crippen molar-refractivity contribution in [3.05, 3.63) is 24.1 Å². The third-order valence-electron chi connectivity index (χ3n) is 2.43. The molecular weight excluding hydrogens is 252 g/mol. The van der Waals surface area contributed by atoms with Crippen LogP contribution in [0.1, 0.15) is 10.7 Å². The molecule has 1 heterocycles. The number of hydrogen-bond acceptors (Lipinski definition) is 7. The van der Waals surface area contributed by atoms with Crippen molar-refractivity contribution in [2.75, 3.05) is 21.3 Å². The highest BCUT2D eigenvalue weighted by Gasteiger charge is 2.21. The Morgan fingerprint density at radius 3 is 2.26 bits per heavy atom. The molecule has 0 bridgehead atoms. The summed E-state index contributed by atoms with van der Waals surface area (Å²) in [5.41, 5.74) is 0.482. The van der Waals surface area contributed by atoms with Crippen molar-refractivity contribution in [3.63, 3.8) is 0 Å². The number of carbonyl (C=O) groups is 1. The van der Waals surface area contributed by atoms with Crippen LogP contribution in [-0.4, -0.2) is 37.5 Å². The van der Waals surface area contributed by atoms with Crippen LogP contribution < -0.4 is 9.47 Å². The zero-order valence-electron chi connectivity index (χ0n) is 10.7. The van der Waals surface area contributed by atoms with Crippen LogP contribution in [0.3, 0.4) is 0 Å². The van der Waals surface area contributed by atoms with Crippen LogP contribution in [0.2, 0.25) is 0 Å². The number of hydrogen-bond donors (Lipinski definition) is 0. The molecule has 19 heavy (non-hydrogen) atoms. The van der Waals surface area contributed by atoms with E-state index < -0.39 is 5.97 Å². The van der Waals surface area contributed by atoms with Gasteiger partial charge in [-0.15, -0.1) is 10.2 Å². The quantitative estimate of drug-likeness (QED) is 0.774. The van der Waals surface area contributed by atoms with Gasteiger partial charge in [-0.25, -0.2) is 4.79 Å². The summed E-state index contributed by atoms with van der Waals surface area (Å²) in [7, 11) is 4.25. The molecule has 0 unspecified atom stereocenters. The SMILES string of the molecule is COC(=O)c1nnc(-c2c(OC)cccc2OC)o1. The molecule has 2 rings (SSSR count). The van der Waals surface area contributed by atoms with Gasteiger partial charge in [0.15, 0.2) is 0 Å². The van der Waals surface area contributed by atoms with E-state index >= 15 is 0 Å². The molecule has 7 nitrogen and oxygen atoms in total. The van der Waals surface area contributed by atoms with Crippen molar-refractivity contribution >= 4 is 5.97 Å². The molecule has 0 fully saturated rings. The van der Waals surface area contributed by atoms with Crippen LogP contribution >= 0.6 is 0 Å². The summed E-state index contributed by atoms with van der Waals surface area (Å²) in [6.45, 7) is 0. The van der Waals surface area contributed by atoms with Crippen molar-refractivity contribution in [1.82, 2.24) is 10.2 Å². The van der Waals surface area contributed by atoms with Crippen LogP contribution in [0.25, 0.3) is 11.5 Å². The van der Waals surface area contributed by atoms with Crippen molar-refractivity contribution in [2.45, 2.75) is 0 Å². The molecule has 0 N–H and O–H groups in total. The van der Waals surface area contributed by atoms with Gasteiger partial charge in [-0.05, 0) is 12.1 Å². The molecule has 1 aromatic carbocycles. The number of esters is 1. The topological polar surface area (TPSA) is 83.7 Å². The van der Waals surface area contributed by atoms with E-state index in [2.05, 4.69) is 14.9 Å². The number of carbonyl (C=O) groups excluding carboxylic acids is 1. The maximum absolute atomic E-state index is 11.3. The van der Waals surface area contributed by atoms with Crippen molar-refractivity contribution in [2.24, 2.45) is 0 Å². The minimum atomic E-state index is -0.701. The highest BCUT2D eigenvalue weighted by Crippen LogP contribution is 2.37. The molecule has 100 valence electrons. The Hall–Kier alpha value is -2.57. The Kier molecular flexibility index (Phi) is 3.65. The molecule has 7 heteroatoms. The first-order valence-corrected chi connectivity index (χ1v) is 5.34. The van der Waals surface area contributed by atoms with E-state index in [1.54, 1.807) is 18.2 Å². The molecule has 2 aromatic rings. The van der Waals surface area contributed by atoms with E-state index in [0.717, 1.165) is 0 Å². The van der Waals surface area contributed by atoms with Gasteiger partial charge >= 0.3 is 11.9 Å². The number of nitrogens with zero attached hydrogens (tertiary/aromatic N) is 2. The molecule has 1 aromatic heterocycles. The predicted molar refractivity (Wildman–Crippen MR) is 64.2 cm³/mol. The van der Waals surface area contributed by atoms with Crippen LogP contribution in [0, 0.1) is 0 Å². The second kappa shape index (κ2) is 5.38. The lowest BCUT2D eigenvalue weighted by Gasteiger charge is -2.09. The van der Waals surface area contributed by atoms with Gasteiger partial charge in [-0.2, -0.15) is 0 Å². The Morgan fingerprint density at radius 1 is 1.11 bits per heavy atom. The Labute approximate surface area is 109 Å². The number of ether oxygens (including phenoxy) is 3. The van der Waals surface area contributed by atoms with E-state index in [1.165, 1.54) is 21.3 Å². The average Bonchev–Trinajstić information content (AvgIpc) is 2.94. The summed E-state index contributed by atoms with van der Waals surface area (Å²) in [5, 5.41) is 7.41. The Morgan fingerprint density at radius 2 is 1.74 bits per heavy atom. The number of methoxy groups -OCH3 is 3. The smallest absolute Gasteiger partial charge is 0.396 e. The van der Waals surface area contributed by atoms with Gasteiger partial charge < -0.3 is 18.6 Å². The van der Waals surface area contributed by atoms with Gasteiger partial charge in [0, 0.05) is 0 Å². The average molecular weight is 264 g/mol. The monoisotopic (exact) mass is 264 g/mol. The molecule has 0 atom stereocenters. The zero-order valence-corrected chi connectivity index (χ0v) is 10.7. The van der Waals surface area contributed by atoms with E-state index in [1.807, 2.05) is 0 Å². The normalized spacial score (nSPS) is 10.1. The maximum Gasteiger partial charge on any atom is 0.396 e. The third-order valence-corrected chi connectivity index (χ3v) is 2.43. The first-order chi connectivity index (χ1) is 9.21. The summed E-state index contributed by atoms with van der Waals surface area (Å²) in [5.74, 6) is 0.187. The van der Waals surface area contributed by atoms with Gasteiger partial charge in [0.2, 0.25) is 0 Å². The second-order valence-corrected chi connectivity index (χ2v) is 3.44. The Balaban J connectivity index is 2.51. The van der Waals surface area contributed by atoms with Gasteiger partial charge in [0.05, 0.1) is 21.3 Å². The maximum atomic E-state index is 11.3. The number of benzene rings is 1. The molecule has 0 aliphatic heterocycles. The molecule has 0 amide bonds. The number of aromatic nitrogens is 2. The molecule has 0 saturated heterocycles. The molecule has 0 aliphatic rings. The summed E-state index contributed by atoms with van der Waals surface area (Å²) >= 11 is 0. The van der Waals surface area contributed by atoms with Gasteiger partial charge in [0.25, 0.3) is 5.89 Å². The van der Waals surface area contributed by atoms with E-state index in [-0.39, 0.29) is 11.8 Å². The van der Waals surface area contributed by atoms with Crippen molar-refractivity contribution in [3.8, 4) is 23.0 Å². The Bertz CT molecular complexity index is 571. The van der Waals surface area contributed by atoms with Gasteiger partial charge in [0.1, 0.15) is 17.1 Å². The van der Waals surface area contributed by atoms with E-state index in [4.69, 9.17) is 13.9 Å². The van der Waals surface area contributed by atoms with Crippen LogP contribution in [0.15, 0.2) is 22.6 Å². The highest BCUT2D eigenvalue weighted by molar-refractivity contribution is 5.84. The van der Waals surface area contributed by atoms with Gasteiger partial charge in [-0.1, -0.05) is 6.07 Å². The molecule has 0 spiro atoms. The van der Waals surface area contributed by atoms with E-state index in [0.29, 0.717) is 17.1 Å². The zero-order chi connectivity index (χ0) is 13.8. The van der Waals surface area contributed by atoms with E-state index in [9.17, 15) is 4.79 Å². The predicted octanol–water partition coefficient (Wildman–Crippen LogP) is 1.54. The fraction of sp³-hybridized carbons (Fsp3) is 0.250. The fourth-order valence-corrected chi connectivity index (χ4v) is 1.56. The molecule has 0 aliphatic carbocycles. The summed E-state index contributed by atoms with van der Waals surface area (Å²) in [6, 6.07) is 5.21. The largest absolute Gasteiger partial charge is 0.496 e. The third kappa shape index (κ3) is 2.35.